The molecule has 2 heteroatoms. The van der Waals surface area contributed by atoms with Gasteiger partial charge in [0.2, 0.25) is 22.8 Å². The van der Waals surface area contributed by atoms with E-state index in [4.69, 9.17) is 0 Å². The van der Waals surface area contributed by atoms with Gasteiger partial charge < -0.3 is 0 Å². The minimum absolute atomic E-state index is 1.25. The summed E-state index contributed by atoms with van der Waals surface area (Å²) >= 11 is 0. The Kier molecular flexibility index (Phi) is 4.04. The van der Waals surface area contributed by atoms with Gasteiger partial charge in [0.05, 0.1) is 0 Å². The summed E-state index contributed by atoms with van der Waals surface area (Å²) in [6, 6.07) is 12.7. The Hall–Kier alpha value is -3.00. The molecule has 0 spiro atoms. The third-order valence-corrected chi connectivity index (χ3v) is 5.52. The van der Waals surface area contributed by atoms with Gasteiger partial charge in [0.15, 0.2) is 12.4 Å². The first-order valence-corrected chi connectivity index (χ1v) is 9.07. The largest absolute Gasteiger partial charge is 0.214 e. The molecule has 2 aromatic heterocycles. The molecule has 4 heterocycles. The Balaban J connectivity index is 1.67. The highest BCUT2D eigenvalue weighted by Gasteiger charge is 2.29. The smallest absolute Gasteiger partial charge is 0.160 e. The van der Waals surface area contributed by atoms with Gasteiger partial charge in [0.1, 0.15) is 0 Å². The molecule has 0 saturated carbocycles. The van der Waals surface area contributed by atoms with Gasteiger partial charge in [0.25, 0.3) is 0 Å². The minimum Gasteiger partial charge on any atom is -0.160 e. The summed E-state index contributed by atoms with van der Waals surface area (Å²) < 4.78 is 4.52. The number of rotatable bonds is 2. The summed E-state index contributed by atoms with van der Waals surface area (Å²) in [5.41, 5.74) is 10.4. The molecule has 0 N–H and O–H groups in total. The Bertz CT molecular complexity index is 974. The van der Waals surface area contributed by atoms with Crippen molar-refractivity contribution in [1.82, 2.24) is 0 Å². The molecule has 2 aliphatic rings. The fourth-order valence-electron chi connectivity index (χ4n) is 3.75. The molecule has 0 bridgehead atoms. The maximum Gasteiger partial charge on any atom is 0.214 e. The van der Waals surface area contributed by atoms with Crippen LogP contribution in [0.4, 0.5) is 0 Å². The van der Waals surface area contributed by atoms with E-state index < -0.39 is 0 Å². The van der Waals surface area contributed by atoms with E-state index >= 15 is 0 Å². The first kappa shape index (κ1) is 16.5. The maximum absolute atomic E-state index is 2.26. The zero-order chi connectivity index (χ0) is 18.3. The molecule has 2 aliphatic heterocycles. The van der Waals surface area contributed by atoms with Crippen molar-refractivity contribution in [2.24, 2.45) is 0 Å². The van der Waals surface area contributed by atoms with Crippen molar-refractivity contribution in [3.05, 3.63) is 95.6 Å². The highest BCUT2D eigenvalue weighted by atomic mass is 15.0. The van der Waals surface area contributed by atoms with Crippen LogP contribution < -0.4 is 9.13 Å². The Morgan fingerprint density at radius 3 is 1.42 bits per heavy atom. The lowest BCUT2D eigenvalue weighted by Crippen LogP contribution is -2.32. The topological polar surface area (TPSA) is 7.76 Å². The van der Waals surface area contributed by atoms with Gasteiger partial charge in [-0.05, 0) is 39.8 Å². The molecular formula is C24H24N2+2. The lowest BCUT2D eigenvalue weighted by Gasteiger charge is -1.95. The molecule has 0 amide bonds. The lowest BCUT2D eigenvalue weighted by atomic mass is 10.1. The highest BCUT2D eigenvalue weighted by Crippen LogP contribution is 2.29. The first-order valence-electron chi connectivity index (χ1n) is 9.07. The van der Waals surface area contributed by atoms with Crippen LogP contribution in [0, 0.1) is 0 Å². The van der Waals surface area contributed by atoms with Crippen LogP contribution in [0.2, 0.25) is 0 Å². The van der Waals surface area contributed by atoms with Crippen molar-refractivity contribution in [2.45, 2.75) is 27.7 Å². The normalized spacial score (nSPS) is 19.2. The van der Waals surface area contributed by atoms with E-state index in [2.05, 4.69) is 110 Å². The molecule has 0 unspecified atom stereocenters. The van der Waals surface area contributed by atoms with Gasteiger partial charge in [-0.25, -0.2) is 0 Å². The molecule has 0 radical (unpaired) electrons. The average Bonchev–Trinajstić information content (AvgIpc) is 3.06. The van der Waals surface area contributed by atoms with Gasteiger partial charge in [-0.2, -0.15) is 9.13 Å². The van der Waals surface area contributed by atoms with E-state index in [-0.39, 0.29) is 0 Å². The lowest BCUT2D eigenvalue weighted by molar-refractivity contribution is -0.578. The van der Waals surface area contributed by atoms with Crippen LogP contribution in [0.25, 0.3) is 22.5 Å². The van der Waals surface area contributed by atoms with Crippen LogP contribution in [-0.4, -0.2) is 0 Å². The third-order valence-electron chi connectivity index (χ3n) is 5.52. The van der Waals surface area contributed by atoms with Crippen molar-refractivity contribution >= 4 is 22.5 Å². The van der Waals surface area contributed by atoms with E-state index in [0.29, 0.717) is 0 Å². The van der Waals surface area contributed by atoms with Crippen molar-refractivity contribution in [3.8, 4) is 0 Å². The van der Waals surface area contributed by atoms with Crippen molar-refractivity contribution in [2.75, 3.05) is 0 Å². The van der Waals surface area contributed by atoms with Gasteiger partial charge in [-0.3, -0.25) is 0 Å². The molecule has 0 fully saturated rings. The molecule has 0 aliphatic carbocycles. The summed E-state index contributed by atoms with van der Waals surface area (Å²) in [5, 5.41) is 0. The summed E-state index contributed by atoms with van der Waals surface area (Å²) in [7, 11) is 0. The fourth-order valence-corrected chi connectivity index (χ4v) is 3.75. The zero-order valence-electron chi connectivity index (χ0n) is 15.8. The predicted octanol–water partition coefficient (Wildman–Crippen LogP) is 4.81. The molecule has 2 aromatic rings. The quantitative estimate of drug-likeness (QED) is 0.693. The summed E-state index contributed by atoms with van der Waals surface area (Å²) in [6.45, 7) is 8.77. The number of aromatic nitrogens is 2. The van der Waals surface area contributed by atoms with Crippen LogP contribution in [0.1, 0.15) is 39.1 Å². The molecule has 0 atom stereocenters. The van der Waals surface area contributed by atoms with Crippen molar-refractivity contribution in [1.29, 1.82) is 0 Å². The molecular weight excluding hydrogens is 316 g/mol. The summed E-state index contributed by atoms with van der Waals surface area (Å²) in [4.78, 5) is 0. The van der Waals surface area contributed by atoms with E-state index in [9.17, 15) is 0 Å². The van der Waals surface area contributed by atoms with Crippen LogP contribution >= 0.6 is 0 Å². The predicted molar refractivity (Wildman–Crippen MR) is 107 cm³/mol. The molecule has 0 saturated heterocycles. The maximum atomic E-state index is 2.26. The molecule has 4 rings (SSSR count). The van der Waals surface area contributed by atoms with Crippen molar-refractivity contribution < 1.29 is 9.13 Å². The minimum atomic E-state index is 1.25. The van der Waals surface area contributed by atoms with E-state index in [1.807, 2.05) is 0 Å². The number of hydrogen-bond donors (Lipinski definition) is 0. The number of nitrogens with zero attached hydrogens (tertiary/aromatic N) is 2. The fraction of sp³-hybridized carbons (Fsp3) is 0.167. The van der Waals surface area contributed by atoms with E-state index in [0.717, 1.165) is 0 Å². The van der Waals surface area contributed by atoms with Gasteiger partial charge in [0, 0.05) is 58.7 Å². The van der Waals surface area contributed by atoms with Crippen LogP contribution in [0.15, 0.2) is 84.2 Å². The number of fused-ring (bicyclic) bond motifs is 2. The Morgan fingerprint density at radius 1 is 0.577 bits per heavy atom. The highest BCUT2D eigenvalue weighted by molar-refractivity contribution is 5.81. The van der Waals surface area contributed by atoms with Crippen LogP contribution in [-0.2, 0) is 0 Å². The van der Waals surface area contributed by atoms with Crippen molar-refractivity contribution in [3.63, 3.8) is 0 Å². The Morgan fingerprint density at radius 2 is 1.00 bits per heavy atom. The number of allylic oxidation sites excluding steroid dienone is 10. The van der Waals surface area contributed by atoms with Crippen LogP contribution in [0.3, 0.4) is 0 Å². The average molecular weight is 340 g/mol. The number of pyridine rings is 2. The van der Waals surface area contributed by atoms with E-state index in [1.54, 1.807) is 0 Å². The summed E-state index contributed by atoms with van der Waals surface area (Å²) in [5.74, 6) is 0. The first-order chi connectivity index (χ1) is 12.6. The van der Waals surface area contributed by atoms with E-state index in [1.165, 1.54) is 45.1 Å². The SMILES string of the molecule is CC1=C(C)c2cccc[n+]2\C1=C/C=C\C=C1/C(C)=C(C)c2cccc[n+]21. The van der Waals surface area contributed by atoms with Crippen LogP contribution in [0.5, 0.6) is 0 Å². The third kappa shape index (κ3) is 2.50. The molecule has 128 valence electrons. The number of hydrogen-bond acceptors (Lipinski definition) is 0. The van der Waals surface area contributed by atoms with Gasteiger partial charge >= 0.3 is 0 Å². The molecule has 0 aromatic carbocycles. The van der Waals surface area contributed by atoms with Gasteiger partial charge in [-0.15, -0.1) is 0 Å². The Labute approximate surface area is 155 Å². The summed E-state index contributed by atoms with van der Waals surface area (Å²) in [6.07, 6.45) is 12.9. The molecule has 2 nitrogen and oxygen atoms in total. The second-order valence-electron chi connectivity index (χ2n) is 6.90. The van der Waals surface area contributed by atoms with Gasteiger partial charge in [-0.1, -0.05) is 12.2 Å². The molecule has 26 heavy (non-hydrogen) atoms. The second kappa shape index (κ2) is 6.38. The monoisotopic (exact) mass is 340 g/mol. The zero-order valence-corrected chi connectivity index (χ0v) is 15.8. The second-order valence-corrected chi connectivity index (χ2v) is 6.90. The standard InChI is InChI=1S/C24H24N2/c1-17-19(3)23-13-7-9-15-25(23)21(17)11-5-6-12-22-18(2)20(4)24-14-8-10-16-26(22)24/h5-16H,1-4H3/q+2/b6-5-,21-11-,22-12+.